The van der Waals surface area contributed by atoms with Gasteiger partial charge in [0.1, 0.15) is 5.54 Å². The minimum Gasteiger partial charge on any atom is -0.324 e. The number of nitrogens with zero attached hydrogens (tertiary/aromatic N) is 3. The Balaban J connectivity index is 2.27. The fourth-order valence-corrected chi connectivity index (χ4v) is 2.10. The van der Waals surface area contributed by atoms with Crippen molar-refractivity contribution < 1.29 is 4.79 Å². The second kappa shape index (κ2) is 5.70. The van der Waals surface area contributed by atoms with Crippen molar-refractivity contribution in [2.75, 3.05) is 5.32 Å². The number of hydrogen-bond acceptors (Lipinski definition) is 3. The Morgan fingerprint density at radius 3 is 2.76 bits per heavy atom. The van der Waals surface area contributed by atoms with E-state index in [0.717, 1.165) is 10.0 Å². The third-order valence-corrected chi connectivity index (χ3v) is 3.70. The molecule has 0 unspecified atom stereocenters. The smallest absolute Gasteiger partial charge is 0.251 e. The number of halogens is 1. The zero-order valence-electron chi connectivity index (χ0n) is 12.0. The van der Waals surface area contributed by atoms with E-state index in [0.29, 0.717) is 11.3 Å². The van der Waals surface area contributed by atoms with Crippen LogP contribution in [0.15, 0.2) is 35.1 Å². The first kappa shape index (κ1) is 15.3. The molecule has 2 aromatic rings. The highest BCUT2D eigenvalue weighted by molar-refractivity contribution is 9.10. The number of anilines is 1. The molecular formula is C15H15BrN4O. The van der Waals surface area contributed by atoms with E-state index in [4.69, 9.17) is 5.26 Å². The lowest BCUT2D eigenvalue weighted by Gasteiger charge is -2.24. The van der Waals surface area contributed by atoms with E-state index in [-0.39, 0.29) is 5.91 Å². The predicted octanol–water partition coefficient (Wildman–Crippen LogP) is 3.20. The Kier molecular flexibility index (Phi) is 4.14. The van der Waals surface area contributed by atoms with Gasteiger partial charge in [-0.05, 0) is 54.4 Å². The second-order valence-electron chi connectivity index (χ2n) is 5.26. The number of hydrogen-bond donors (Lipinski definition) is 1. The highest BCUT2D eigenvalue weighted by Crippen LogP contribution is 2.22. The highest BCUT2D eigenvalue weighted by Gasteiger charge is 2.31. The summed E-state index contributed by atoms with van der Waals surface area (Å²) in [5.74, 6) is -0.198. The first-order valence-corrected chi connectivity index (χ1v) is 7.17. The SMILES string of the molecule is Cc1ccc(C#N)cc1NC(=O)C(C)(C)n1cc(Br)cn1. The van der Waals surface area contributed by atoms with E-state index in [1.807, 2.05) is 13.0 Å². The molecule has 21 heavy (non-hydrogen) atoms. The van der Waals surface area contributed by atoms with Gasteiger partial charge in [-0.1, -0.05) is 6.07 Å². The molecule has 108 valence electrons. The van der Waals surface area contributed by atoms with Gasteiger partial charge in [-0.15, -0.1) is 0 Å². The van der Waals surface area contributed by atoms with Crippen LogP contribution in [0.25, 0.3) is 0 Å². The van der Waals surface area contributed by atoms with E-state index >= 15 is 0 Å². The molecule has 1 N–H and O–H groups in total. The van der Waals surface area contributed by atoms with Gasteiger partial charge in [0.05, 0.1) is 22.3 Å². The summed E-state index contributed by atoms with van der Waals surface area (Å²) in [6.07, 6.45) is 3.38. The van der Waals surface area contributed by atoms with Gasteiger partial charge in [0.15, 0.2) is 0 Å². The van der Waals surface area contributed by atoms with E-state index in [1.165, 1.54) is 0 Å². The van der Waals surface area contributed by atoms with Crippen LogP contribution < -0.4 is 5.32 Å². The van der Waals surface area contributed by atoms with Gasteiger partial charge in [-0.3, -0.25) is 9.48 Å². The second-order valence-corrected chi connectivity index (χ2v) is 6.17. The van der Waals surface area contributed by atoms with Crippen molar-refractivity contribution in [3.8, 4) is 6.07 Å². The van der Waals surface area contributed by atoms with Crippen molar-refractivity contribution in [2.45, 2.75) is 26.3 Å². The van der Waals surface area contributed by atoms with Crippen LogP contribution >= 0.6 is 15.9 Å². The van der Waals surface area contributed by atoms with Crippen LogP contribution in [0.5, 0.6) is 0 Å². The third-order valence-electron chi connectivity index (χ3n) is 3.29. The first-order valence-electron chi connectivity index (χ1n) is 6.37. The molecule has 5 nitrogen and oxygen atoms in total. The lowest BCUT2D eigenvalue weighted by molar-refractivity contribution is -0.123. The number of aromatic nitrogens is 2. The Hall–Kier alpha value is -2.13. The quantitative estimate of drug-likeness (QED) is 0.927. The van der Waals surface area contributed by atoms with Crippen molar-refractivity contribution in [3.05, 3.63) is 46.2 Å². The number of carbonyl (C=O) groups is 1. The summed E-state index contributed by atoms with van der Waals surface area (Å²) in [6, 6.07) is 7.27. The van der Waals surface area contributed by atoms with Crippen LogP contribution in [-0.4, -0.2) is 15.7 Å². The maximum Gasteiger partial charge on any atom is 0.251 e. The normalized spacial score (nSPS) is 11.0. The summed E-state index contributed by atoms with van der Waals surface area (Å²) in [5, 5.41) is 16.0. The van der Waals surface area contributed by atoms with Gasteiger partial charge in [0.25, 0.3) is 5.91 Å². The van der Waals surface area contributed by atoms with Gasteiger partial charge in [0.2, 0.25) is 0 Å². The average Bonchev–Trinajstić information content (AvgIpc) is 2.88. The highest BCUT2D eigenvalue weighted by atomic mass is 79.9. The van der Waals surface area contributed by atoms with Crippen molar-refractivity contribution in [1.29, 1.82) is 5.26 Å². The van der Waals surface area contributed by atoms with Crippen LogP contribution in [0, 0.1) is 18.3 Å². The Morgan fingerprint density at radius 2 is 2.19 bits per heavy atom. The molecule has 0 spiro atoms. The van der Waals surface area contributed by atoms with Crippen LogP contribution in [-0.2, 0) is 10.3 Å². The number of nitrogens with one attached hydrogen (secondary N) is 1. The van der Waals surface area contributed by atoms with Crippen molar-refractivity contribution >= 4 is 27.5 Å². The first-order chi connectivity index (χ1) is 9.84. The topological polar surface area (TPSA) is 70.7 Å². The number of benzene rings is 1. The number of nitriles is 1. The lowest BCUT2D eigenvalue weighted by Crippen LogP contribution is -2.40. The van der Waals surface area contributed by atoms with E-state index in [9.17, 15) is 4.79 Å². The summed E-state index contributed by atoms with van der Waals surface area (Å²) in [5.41, 5.74) is 1.20. The average molecular weight is 347 g/mol. The molecule has 1 amide bonds. The van der Waals surface area contributed by atoms with Crippen LogP contribution in [0.4, 0.5) is 5.69 Å². The van der Waals surface area contributed by atoms with Gasteiger partial charge in [-0.2, -0.15) is 10.4 Å². The number of rotatable bonds is 3. The molecule has 0 fully saturated rings. The van der Waals surface area contributed by atoms with E-state index in [1.54, 1.807) is 43.1 Å². The van der Waals surface area contributed by atoms with Crippen molar-refractivity contribution in [3.63, 3.8) is 0 Å². The molecule has 1 aromatic carbocycles. The number of carbonyl (C=O) groups excluding carboxylic acids is 1. The molecule has 1 aromatic heterocycles. The molecule has 0 aliphatic heterocycles. The van der Waals surface area contributed by atoms with Crippen molar-refractivity contribution in [1.82, 2.24) is 9.78 Å². The lowest BCUT2D eigenvalue weighted by atomic mass is 10.0. The predicted molar refractivity (Wildman–Crippen MR) is 83.8 cm³/mol. The molecule has 6 heteroatoms. The van der Waals surface area contributed by atoms with E-state index in [2.05, 4.69) is 32.4 Å². The number of aryl methyl sites for hydroxylation is 1. The van der Waals surface area contributed by atoms with Gasteiger partial charge < -0.3 is 5.32 Å². The maximum absolute atomic E-state index is 12.5. The van der Waals surface area contributed by atoms with E-state index < -0.39 is 5.54 Å². The molecule has 0 atom stereocenters. The summed E-state index contributed by atoms with van der Waals surface area (Å²) in [7, 11) is 0. The zero-order valence-corrected chi connectivity index (χ0v) is 13.6. The Labute approximate surface area is 131 Å². The fraction of sp³-hybridized carbons (Fsp3) is 0.267. The van der Waals surface area contributed by atoms with Gasteiger partial charge in [0, 0.05) is 11.9 Å². The Morgan fingerprint density at radius 1 is 1.48 bits per heavy atom. The molecule has 0 bridgehead atoms. The summed E-state index contributed by atoms with van der Waals surface area (Å²) in [4.78, 5) is 12.5. The van der Waals surface area contributed by atoms with Crippen molar-refractivity contribution in [2.24, 2.45) is 0 Å². The zero-order chi connectivity index (χ0) is 15.6. The number of amides is 1. The molecule has 0 saturated heterocycles. The van der Waals surface area contributed by atoms with Gasteiger partial charge in [-0.25, -0.2) is 0 Å². The monoisotopic (exact) mass is 346 g/mol. The molecular weight excluding hydrogens is 332 g/mol. The molecule has 0 aliphatic rings. The molecule has 0 saturated carbocycles. The minimum absolute atomic E-state index is 0.198. The molecule has 0 radical (unpaired) electrons. The van der Waals surface area contributed by atoms with Crippen LogP contribution in [0.3, 0.4) is 0 Å². The molecule has 1 heterocycles. The third kappa shape index (κ3) is 3.14. The van der Waals surface area contributed by atoms with Crippen LogP contribution in [0.2, 0.25) is 0 Å². The maximum atomic E-state index is 12.5. The van der Waals surface area contributed by atoms with Gasteiger partial charge >= 0.3 is 0 Å². The molecule has 2 rings (SSSR count). The Bertz CT molecular complexity index is 728. The summed E-state index contributed by atoms with van der Waals surface area (Å²) >= 11 is 3.32. The largest absolute Gasteiger partial charge is 0.324 e. The minimum atomic E-state index is -0.846. The fourth-order valence-electron chi connectivity index (χ4n) is 1.81. The standard InChI is InChI=1S/C15H15BrN4O/c1-10-4-5-11(7-17)6-13(10)19-14(21)15(2,3)20-9-12(16)8-18-20/h4-6,8-9H,1-3H3,(H,19,21). The summed E-state index contributed by atoms with van der Waals surface area (Å²) < 4.78 is 2.40. The molecule has 0 aliphatic carbocycles. The van der Waals surface area contributed by atoms with Crippen LogP contribution in [0.1, 0.15) is 25.0 Å². The summed E-state index contributed by atoms with van der Waals surface area (Å²) in [6.45, 7) is 5.45.